The molecule has 0 unspecified atom stereocenters. The maximum absolute atomic E-state index is 10.8. The molecule has 0 saturated carbocycles. The van der Waals surface area contributed by atoms with E-state index in [0.29, 0.717) is 6.61 Å². The Morgan fingerprint density at radius 1 is 1.13 bits per heavy atom. The summed E-state index contributed by atoms with van der Waals surface area (Å²) in [6, 6.07) is 0. The van der Waals surface area contributed by atoms with Gasteiger partial charge >= 0.3 is 5.97 Å². The fourth-order valence-electron chi connectivity index (χ4n) is 1.60. The summed E-state index contributed by atoms with van der Waals surface area (Å²) in [5.74, 6) is -0.253. The molecule has 0 aromatic rings. The zero-order valence-corrected chi connectivity index (χ0v) is 9.50. The van der Waals surface area contributed by atoms with Crippen LogP contribution in [0.2, 0.25) is 0 Å². The largest absolute Gasteiger partial charge is 0.465 e. The molecule has 0 radical (unpaired) electrons. The first-order valence-corrected chi connectivity index (χ1v) is 5.06. The second kappa shape index (κ2) is 7.04. The van der Waals surface area contributed by atoms with Gasteiger partial charge in [-0.3, -0.25) is 4.79 Å². The van der Waals surface area contributed by atoms with Crippen LogP contribution in [-0.2, 0) is 9.53 Å². The molecule has 0 aromatic carbocycles. The summed E-state index contributed by atoms with van der Waals surface area (Å²) >= 11 is 0. The van der Waals surface area contributed by atoms with E-state index in [-0.39, 0.29) is 11.4 Å². The van der Waals surface area contributed by atoms with Gasteiger partial charge in [-0.2, -0.15) is 0 Å². The number of rotatable bonds is 8. The molecule has 0 atom stereocenters. The summed E-state index contributed by atoms with van der Waals surface area (Å²) in [7, 11) is 0. The van der Waals surface area contributed by atoms with Gasteiger partial charge in [0, 0.05) is 12.3 Å². The van der Waals surface area contributed by atoms with Crippen LogP contribution in [0.3, 0.4) is 0 Å². The van der Waals surface area contributed by atoms with E-state index in [1.54, 1.807) is 0 Å². The van der Waals surface area contributed by atoms with Gasteiger partial charge in [0.25, 0.3) is 0 Å². The first-order valence-electron chi connectivity index (χ1n) is 5.06. The van der Waals surface area contributed by atoms with E-state index < -0.39 is 0 Å². The highest BCUT2D eigenvalue weighted by atomic mass is 16.5. The van der Waals surface area contributed by atoms with Crippen LogP contribution in [0.1, 0.15) is 26.2 Å². The second-order valence-corrected chi connectivity index (χ2v) is 3.76. The molecule has 0 aromatic heterocycles. The minimum absolute atomic E-state index is 0.114. The van der Waals surface area contributed by atoms with Crippen molar-refractivity contribution in [2.45, 2.75) is 26.2 Å². The number of hydrogen-bond acceptors (Lipinski definition) is 2. The monoisotopic (exact) mass is 208 g/mol. The minimum Gasteiger partial charge on any atom is -0.465 e. The van der Waals surface area contributed by atoms with Crippen LogP contribution in [0, 0.1) is 5.41 Å². The van der Waals surface area contributed by atoms with Gasteiger partial charge in [0.15, 0.2) is 0 Å². The fourth-order valence-corrected chi connectivity index (χ4v) is 1.60. The van der Waals surface area contributed by atoms with Crippen LogP contribution in [0.4, 0.5) is 0 Å². The van der Waals surface area contributed by atoms with Gasteiger partial charge in [0.05, 0.1) is 6.61 Å². The van der Waals surface area contributed by atoms with Crippen LogP contribution in [-0.4, -0.2) is 12.6 Å². The Bertz CT molecular complexity index is 214. The Morgan fingerprint density at radius 2 is 1.53 bits per heavy atom. The third kappa shape index (κ3) is 5.21. The minimum atomic E-state index is -0.253. The van der Waals surface area contributed by atoms with Gasteiger partial charge in [-0.1, -0.05) is 18.2 Å². The van der Waals surface area contributed by atoms with Crippen LogP contribution < -0.4 is 0 Å². The molecule has 2 nitrogen and oxygen atoms in total. The molecule has 0 rings (SSSR count). The first kappa shape index (κ1) is 13.7. The third-order valence-electron chi connectivity index (χ3n) is 2.31. The van der Waals surface area contributed by atoms with E-state index in [1.165, 1.54) is 6.92 Å². The molecule has 2 heteroatoms. The first-order chi connectivity index (χ1) is 7.10. The maximum Gasteiger partial charge on any atom is 0.302 e. The maximum atomic E-state index is 10.8. The van der Waals surface area contributed by atoms with Gasteiger partial charge < -0.3 is 4.74 Å². The topological polar surface area (TPSA) is 26.3 Å². The van der Waals surface area contributed by atoms with E-state index >= 15 is 0 Å². The molecule has 84 valence electrons. The molecular formula is C13H20O2. The van der Waals surface area contributed by atoms with Crippen molar-refractivity contribution in [3.05, 3.63) is 38.0 Å². The van der Waals surface area contributed by atoms with Gasteiger partial charge in [-0.15, -0.1) is 19.7 Å². The standard InChI is InChI=1S/C13H20O2/c1-5-8-13(9-6-2,10-7-3)11-15-12(4)14/h5-7H,1-3,8-11H2,4H3. The lowest BCUT2D eigenvalue weighted by atomic mass is 9.79. The number of ether oxygens (including phenoxy) is 1. The molecule has 0 amide bonds. The van der Waals surface area contributed by atoms with Crippen LogP contribution >= 0.6 is 0 Å². The Labute approximate surface area is 92.3 Å². The Balaban J connectivity index is 4.57. The number of hydrogen-bond donors (Lipinski definition) is 0. The second-order valence-electron chi connectivity index (χ2n) is 3.76. The van der Waals surface area contributed by atoms with E-state index in [9.17, 15) is 4.79 Å². The summed E-state index contributed by atoms with van der Waals surface area (Å²) in [6.45, 7) is 13.0. The van der Waals surface area contributed by atoms with Crippen molar-refractivity contribution < 1.29 is 9.53 Å². The van der Waals surface area contributed by atoms with Gasteiger partial charge in [0.1, 0.15) is 0 Å². The number of carbonyl (C=O) groups is 1. The SMILES string of the molecule is C=CCC(CC=C)(CC=C)COC(C)=O. The lowest BCUT2D eigenvalue weighted by Crippen LogP contribution is -2.26. The third-order valence-corrected chi connectivity index (χ3v) is 2.31. The smallest absolute Gasteiger partial charge is 0.302 e. The fraction of sp³-hybridized carbons (Fsp3) is 0.462. The quantitative estimate of drug-likeness (QED) is 0.452. The molecule has 0 saturated heterocycles. The Morgan fingerprint density at radius 3 is 1.80 bits per heavy atom. The summed E-state index contributed by atoms with van der Waals surface area (Å²) in [5, 5.41) is 0. The number of esters is 1. The molecule has 0 aliphatic heterocycles. The Hall–Kier alpha value is -1.31. The molecule has 0 fully saturated rings. The zero-order valence-electron chi connectivity index (χ0n) is 9.50. The van der Waals surface area contributed by atoms with E-state index in [1.807, 2.05) is 18.2 Å². The average Bonchev–Trinajstić information content (AvgIpc) is 2.16. The van der Waals surface area contributed by atoms with E-state index in [2.05, 4.69) is 19.7 Å². The molecule has 0 N–H and O–H groups in total. The van der Waals surface area contributed by atoms with Gasteiger partial charge in [-0.25, -0.2) is 0 Å². The molecule has 0 aliphatic carbocycles. The summed E-state index contributed by atoms with van der Waals surface area (Å²) < 4.78 is 5.08. The lowest BCUT2D eigenvalue weighted by molar-refractivity contribution is -0.144. The van der Waals surface area contributed by atoms with Crippen molar-refractivity contribution in [3.63, 3.8) is 0 Å². The normalized spacial score (nSPS) is 10.5. The lowest BCUT2D eigenvalue weighted by Gasteiger charge is -2.30. The van der Waals surface area contributed by atoms with E-state index in [4.69, 9.17) is 4.74 Å². The van der Waals surface area contributed by atoms with Crippen molar-refractivity contribution in [3.8, 4) is 0 Å². The highest BCUT2D eigenvalue weighted by molar-refractivity contribution is 5.65. The predicted octanol–water partition coefficient (Wildman–Crippen LogP) is 3.26. The molecule has 0 spiro atoms. The van der Waals surface area contributed by atoms with Crippen molar-refractivity contribution in [2.75, 3.05) is 6.61 Å². The molecule has 0 aliphatic rings. The van der Waals surface area contributed by atoms with Crippen LogP contribution in [0.15, 0.2) is 38.0 Å². The van der Waals surface area contributed by atoms with Crippen molar-refractivity contribution in [1.29, 1.82) is 0 Å². The summed E-state index contributed by atoms with van der Waals surface area (Å²) in [4.78, 5) is 10.8. The van der Waals surface area contributed by atoms with Gasteiger partial charge in [-0.05, 0) is 19.3 Å². The van der Waals surface area contributed by atoms with E-state index in [0.717, 1.165) is 19.3 Å². The van der Waals surface area contributed by atoms with Crippen molar-refractivity contribution in [1.82, 2.24) is 0 Å². The number of allylic oxidation sites excluding steroid dienone is 3. The molecular weight excluding hydrogens is 188 g/mol. The zero-order chi connectivity index (χ0) is 11.7. The number of carbonyl (C=O) groups excluding carboxylic acids is 1. The van der Waals surface area contributed by atoms with Crippen LogP contribution in [0.25, 0.3) is 0 Å². The highest BCUT2D eigenvalue weighted by Gasteiger charge is 2.27. The predicted molar refractivity (Wildman–Crippen MR) is 63.5 cm³/mol. The average molecular weight is 208 g/mol. The highest BCUT2D eigenvalue weighted by Crippen LogP contribution is 2.32. The Kier molecular flexibility index (Phi) is 6.43. The summed E-state index contributed by atoms with van der Waals surface area (Å²) in [6.07, 6.45) is 7.90. The molecule has 0 heterocycles. The van der Waals surface area contributed by atoms with Gasteiger partial charge in [0.2, 0.25) is 0 Å². The summed E-state index contributed by atoms with van der Waals surface area (Å²) in [5.41, 5.74) is -0.114. The van der Waals surface area contributed by atoms with Crippen molar-refractivity contribution >= 4 is 5.97 Å². The molecule has 0 bridgehead atoms. The molecule has 15 heavy (non-hydrogen) atoms. The van der Waals surface area contributed by atoms with Crippen molar-refractivity contribution in [2.24, 2.45) is 5.41 Å². The van der Waals surface area contributed by atoms with Crippen LogP contribution in [0.5, 0.6) is 0 Å².